The van der Waals surface area contributed by atoms with E-state index in [0.717, 1.165) is 12.1 Å². The molecule has 1 N–H and O–H groups in total. The average molecular weight is 311 g/mol. The summed E-state index contributed by atoms with van der Waals surface area (Å²) in [7, 11) is 3.31. The molecule has 1 heterocycles. The van der Waals surface area contributed by atoms with Crippen LogP contribution in [0.1, 0.15) is 12.8 Å². The zero-order valence-corrected chi connectivity index (χ0v) is 12.6. The topological polar surface area (TPSA) is 52.7 Å². The molecular formula is C15H19F2N3O2. The van der Waals surface area contributed by atoms with Crippen molar-refractivity contribution in [1.82, 2.24) is 9.80 Å². The normalized spacial score (nSPS) is 18.0. The summed E-state index contributed by atoms with van der Waals surface area (Å²) in [6.07, 6.45) is 1.34. The molecule has 1 aliphatic heterocycles. The van der Waals surface area contributed by atoms with E-state index in [1.165, 1.54) is 11.0 Å². The lowest BCUT2D eigenvalue weighted by molar-refractivity contribution is -0.121. The first-order valence-corrected chi connectivity index (χ1v) is 7.10. The Hall–Kier alpha value is -2.18. The Morgan fingerprint density at radius 2 is 2.05 bits per heavy atom. The summed E-state index contributed by atoms with van der Waals surface area (Å²) in [6.45, 7) is 0.900. The number of carbonyl (C=O) groups excluding carboxylic acids is 2. The molecule has 22 heavy (non-hydrogen) atoms. The van der Waals surface area contributed by atoms with Gasteiger partial charge in [-0.3, -0.25) is 4.79 Å². The van der Waals surface area contributed by atoms with Crippen LogP contribution in [0.4, 0.5) is 19.3 Å². The van der Waals surface area contributed by atoms with Crippen LogP contribution in [-0.2, 0) is 4.79 Å². The number of hydrogen-bond donors (Lipinski definition) is 1. The SMILES string of the molecule is CN(C)C(=O)N1CCC[C@@H](C(=O)Nc2ccc(F)cc2F)C1. The number of hydrogen-bond acceptors (Lipinski definition) is 2. The molecule has 0 aromatic heterocycles. The number of carbonyl (C=O) groups is 2. The van der Waals surface area contributed by atoms with E-state index in [-0.39, 0.29) is 17.6 Å². The minimum atomic E-state index is -0.814. The largest absolute Gasteiger partial charge is 0.331 e. The summed E-state index contributed by atoms with van der Waals surface area (Å²) in [6, 6.07) is 2.85. The van der Waals surface area contributed by atoms with E-state index in [2.05, 4.69) is 5.32 Å². The van der Waals surface area contributed by atoms with Gasteiger partial charge in [-0.25, -0.2) is 13.6 Å². The summed E-state index contributed by atoms with van der Waals surface area (Å²) >= 11 is 0. The predicted molar refractivity (Wildman–Crippen MR) is 78.4 cm³/mol. The standard InChI is InChI=1S/C15H19F2N3O2/c1-19(2)15(22)20-7-3-4-10(9-20)14(21)18-13-6-5-11(16)8-12(13)17/h5-6,8,10H,3-4,7,9H2,1-2H3,(H,18,21)/t10-/m1/s1. The van der Waals surface area contributed by atoms with Crippen molar-refractivity contribution in [1.29, 1.82) is 0 Å². The van der Waals surface area contributed by atoms with Gasteiger partial charge < -0.3 is 15.1 Å². The van der Waals surface area contributed by atoms with Gasteiger partial charge >= 0.3 is 6.03 Å². The van der Waals surface area contributed by atoms with Gasteiger partial charge in [-0.05, 0) is 25.0 Å². The second-order valence-corrected chi connectivity index (χ2v) is 5.58. The van der Waals surface area contributed by atoms with Gasteiger partial charge in [-0.1, -0.05) is 0 Å². The van der Waals surface area contributed by atoms with Gasteiger partial charge in [0.2, 0.25) is 5.91 Å². The molecule has 1 atom stereocenters. The molecule has 1 aliphatic rings. The summed E-state index contributed by atoms with van der Waals surface area (Å²) in [4.78, 5) is 27.2. The van der Waals surface area contributed by atoms with Crippen LogP contribution in [0.25, 0.3) is 0 Å². The van der Waals surface area contributed by atoms with Gasteiger partial charge in [-0.15, -0.1) is 0 Å². The van der Waals surface area contributed by atoms with Crippen LogP contribution in [0, 0.1) is 17.6 Å². The zero-order chi connectivity index (χ0) is 16.3. The van der Waals surface area contributed by atoms with Crippen molar-refractivity contribution in [3.8, 4) is 0 Å². The van der Waals surface area contributed by atoms with Gasteiger partial charge in [0.15, 0.2) is 0 Å². The quantitative estimate of drug-likeness (QED) is 0.911. The Balaban J connectivity index is 2.01. The fourth-order valence-corrected chi connectivity index (χ4v) is 2.47. The van der Waals surface area contributed by atoms with Crippen molar-refractivity contribution < 1.29 is 18.4 Å². The number of nitrogens with one attached hydrogen (secondary N) is 1. The molecule has 1 fully saturated rings. The third kappa shape index (κ3) is 3.72. The average Bonchev–Trinajstić information content (AvgIpc) is 2.49. The number of nitrogens with zero attached hydrogens (tertiary/aromatic N) is 2. The van der Waals surface area contributed by atoms with E-state index in [9.17, 15) is 18.4 Å². The second kappa shape index (κ2) is 6.72. The van der Waals surface area contributed by atoms with Crippen molar-refractivity contribution in [2.75, 3.05) is 32.5 Å². The number of halogens is 2. The summed E-state index contributed by atoms with van der Waals surface area (Å²) in [5.74, 6) is -2.27. The molecule has 5 nitrogen and oxygen atoms in total. The monoisotopic (exact) mass is 311 g/mol. The minimum absolute atomic E-state index is 0.0533. The molecule has 0 bridgehead atoms. The number of benzene rings is 1. The van der Waals surface area contributed by atoms with Crippen molar-refractivity contribution in [2.45, 2.75) is 12.8 Å². The summed E-state index contributed by atoms with van der Waals surface area (Å²) in [5.41, 5.74) is -0.0533. The third-order valence-electron chi connectivity index (χ3n) is 3.63. The lowest BCUT2D eigenvalue weighted by Gasteiger charge is -2.33. The van der Waals surface area contributed by atoms with E-state index in [1.807, 2.05) is 0 Å². The Morgan fingerprint density at radius 1 is 1.32 bits per heavy atom. The smallest absolute Gasteiger partial charge is 0.319 e. The number of piperidine rings is 1. The number of amides is 3. The Morgan fingerprint density at radius 3 is 2.68 bits per heavy atom. The van der Waals surface area contributed by atoms with E-state index >= 15 is 0 Å². The molecule has 3 amide bonds. The van der Waals surface area contributed by atoms with Gasteiger partial charge in [0, 0.05) is 33.3 Å². The van der Waals surface area contributed by atoms with Gasteiger partial charge in [0.1, 0.15) is 11.6 Å². The second-order valence-electron chi connectivity index (χ2n) is 5.58. The molecule has 1 saturated heterocycles. The lowest BCUT2D eigenvalue weighted by atomic mass is 9.97. The molecular weight excluding hydrogens is 292 g/mol. The van der Waals surface area contributed by atoms with Crippen LogP contribution in [0.5, 0.6) is 0 Å². The molecule has 2 rings (SSSR count). The fraction of sp³-hybridized carbons (Fsp3) is 0.467. The van der Waals surface area contributed by atoms with Crippen LogP contribution < -0.4 is 5.32 Å². The Kier molecular flexibility index (Phi) is 4.95. The summed E-state index contributed by atoms with van der Waals surface area (Å²) in [5, 5.41) is 2.46. The number of anilines is 1. The Bertz CT molecular complexity index is 578. The van der Waals surface area contributed by atoms with Crippen LogP contribution in [0.15, 0.2) is 18.2 Å². The molecule has 7 heteroatoms. The van der Waals surface area contributed by atoms with Crippen LogP contribution in [0.2, 0.25) is 0 Å². The fourth-order valence-electron chi connectivity index (χ4n) is 2.47. The van der Waals surface area contributed by atoms with Crippen molar-refractivity contribution in [3.63, 3.8) is 0 Å². The molecule has 0 unspecified atom stereocenters. The lowest BCUT2D eigenvalue weighted by Crippen LogP contribution is -2.47. The molecule has 120 valence electrons. The van der Waals surface area contributed by atoms with E-state index in [1.54, 1.807) is 19.0 Å². The molecule has 1 aromatic rings. The summed E-state index contributed by atoms with van der Waals surface area (Å²) < 4.78 is 26.4. The first-order chi connectivity index (χ1) is 10.4. The predicted octanol–water partition coefficient (Wildman–Crippen LogP) is 2.30. The number of likely N-dealkylation sites (tertiary alicyclic amines) is 1. The molecule has 0 saturated carbocycles. The highest BCUT2D eigenvalue weighted by atomic mass is 19.1. The first-order valence-electron chi connectivity index (χ1n) is 7.10. The maximum atomic E-state index is 13.6. The highest BCUT2D eigenvalue weighted by molar-refractivity contribution is 5.93. The molecule has 1 aromatic carbocycles. The maximum absolute atomic E-state index is 13.6. The molecule has 0 spiro atoms. The van der Waals surface area contributed by atoms with Gasteiger partial charge in [0.25, 0.3) is 0 Å². The van der Waals surface area contributed by atoms with E-state index in [0.29, 0.717) is 25.9 Å². The van der Waals surface area contributed by atoms with E-state index in [4.69, 9.17) is 0 Å². The van der Waals surface area contributed by atoms with Crippen LogP contribution >= 0.6 is 0 Å². The van der Waals surface area contributed by atoms with E-state index < -0.39 is 17.6 Å². The van der Waals surface area contributed by atoms with Crippen LogP contribution in [0.3, 0.4) is 0 Å². The van der Waals surface area contributed by atoms with Gasteiger partial charge in [-0.2, -0.15) is 0 Å². The minimum Gasteiger partial charge on any atom is -0.331 e. The maximum Gasteiger partial charge on any atom is 0.319 e. The highest BCUT2D eigenvalue weighted by Gasteiger charge is 2.29. The molecule has 0 aliphatic carbocycles. The van der Waals surface area contributed by atoms with Crippen molar-refractivity contribution in [2.24, 2.45) is 5.92 Å². The number of rotatable bonds is 2. The number of urea groups is 1. The highest BCUT2D eigenvalue weighted by Crippen LogP contribution is 2.21. The van der Waals surface area contributed by atoms with Crippen molar-refractivity contribution in [3.05, 3.63) is 29.8 Å². The third-order valence-corrected chi connectivity index (χ3v) is 3.63. The van der Waals surface area contributed by atoms with Gasteiger partial charge in [0.05, 0.1) is 11.6 Å². The zero-order valence-electron chi connectivity index (χ0n) is 12.6. The first kappa shape index (κ1) is 16.2. The van der Waals surface area contributed by atoms with Crippen molar-refractivity contribution >= 4 is 17.6 Å². The Labute approximate surface area is 127 Å². The molecule has 0 radical (unpaired) electrons. The van der Waals surface area contributed by atoms with Crippen LogP contribution in [-0.4, -0.2) is 48.9 Å².